The molecule has 0 bridgehead atoms. The van der Waals surface area contributed by atoms with E-state index in [0.717, 1.165) is 16.6 Å². The molecule has 0 aliphatic carbocycles. The van der Waals surface area contributed by atoms with E-state index >= 15 is 0 Å². The summed E-state index contributed by atoms with van der Waals surface area (Å²) in [5, 5.41) is 9.69. The highest BCUT2D eigenvalue weighted by Gasteiger charge is 2.16. The Balaban J connectivity index is 2.05. The SMILES string of the molecule is Cc1ccc2c(c1)[nH]c(=S)n2C(CO)Oc1ccccc1. The first-order valence-electron chi connectivity index (χ1n) is 6.72. The Morgan fingerprint density at radius 1 is 1.24 bits per heavy atom. The zero-order chi connectivity index (χ0) is 14.8. The second kappa shape index (κ2) is 5.71. The summed E-state index contributed by atoms with van der Waals surface area (Å²) >= 11 is 5.37. The third-order valence-electron chi connectivity index (χ3n) is 3.33. The molecule has 1 aromatic heterocycles. The number of hydrogen-bond donors (Lipinski definition) is 2. The van der Waals surface area contributed by atoms with Crippen molar-refractivity contribution in [2.75, 3.05) is 6.61 Å². The predicted octanol–water partition coefficient (Wildman–Crippen LogP) is 3.58. The van der Waals surface area contributed by atoms with Crippen LogP contribution in [0.1, 0.15) is 11.8 Å². The number of imidazole rings is 1. The average molecular weight is 300 g/mol. The van der Waals surface area contributed by atoms with Crippen LogP contribution in [0.25, 0.3) is 11.0 Å². The summed E-state index contributed by atoms with van der Waals surface area (Å²) in [6.45, 7) is 1.86. The number of nitrogens with one attached hydrogen (secondary N) is 1. The Morgan fingerprint density at radius 3 is 2.71 bits per heavy atom. The van der Waals surface area contributed by atoms with Gasteiger partial charge >= 0.3 is 0 Å². The number of nitrogens with zero attached hydrogens (tertiary/aromatic N) is 1. The van der Waals surface area contributed by atoms with Gasteiger partial charge in [-0.3, -0.25) is 4.57 Å². The molecule has 3 aromatic rings. The van der Waals surface area contributed by atoms with E-state index in [0.29, 0.717) is 10.5 Å². The third-order valence-corrected chi connectivity index (χ3v) is 3.63. The lowest BCUT2D eigenvalue weighted by atomic mass is 10.2. The molecule has 1 unspecified atom stereocenters. The number of aryl methyl sites for hydroxylation is 1. The minimum absolute atomic E-state index is 0.163. The first-order chi connectivity index (χ1) is 10.2. The molecule has 0 saturated carbocycles. The minimum atomic E-state index is -0.559. The van der Waals surface area contributed by atoms with Crippen LogP contribution in [0.2, 0.25) is 0 Å². The largest absolute Gasteiger partial charge is 0.468 e. The second-order valence-corrected chi connectivity index (χ2v) is 5.28. The molecule has 3 rings (SSSR count). The highest BCUT2D eigenvalue weighted by molar-refractivity contribution is 7.71. The lowest BCUT2D eigenvalue weighted by molar-refractivity contribution is 0.0632. The molecule has 0 fully saturated rings. The number of aromatic nitrogens is 2. The van der Waals surface area contributed by atoms with Gasteiger partial charge in [-0.2, -0.15) is 0 Å². The van der Waals surface area contributed by atoms with Crippen molar-refractivity contribution in [3.05, 3.63) is 58.9 Å². The summed E-state index contributed by atoms with van der Waals surface area (Å²) in [5.41, 5.74) is 3.01. The molecule has 1 heterocycles. The lowest BCUT2D eigenvalue weighted by Gasteiger charge is -2.19. The number of rotatable bonds is 4. The smallest absolute Gasteiger partial charge is 0.201 e. The van der Waals surface area contributed by atoms with Crippen LogP contribution < -0.4 is 4.74 Å². The monoisotopic (exact) mass is 300 g/mol. The fourth-order valence-electron chi connectivity index (χ4n) is 2.36. The van der Waals surface area contributed by atoms with Gasteiger partial charge in [0.05, 0.1) is 17.6 Å². The van der Waals surface area contributed by atoms with Crippen molar-refractivity contribution in [3.63, 3.8) is 0 Å². The molecule has 0 aliphatic rings. The summed E-state index contributed by atoms with van der Waals surface area (Å²) in [6, 6.07) is 15.4. The number of ether oxygens (including phenoxy) is 1. The first kappa shape index (κ1) is 13.9. The van der Waals surface area contributed by atoms with Crippen molar-refractivity contribution in [1.82, 2.24) is 9.55 Å². The first-order valence-corrected chi connectivity index (χ1v) is 7.13. The lowest BCUT2D eigenvalue weighted by Crippen LogP contribution is -2.19. The van der Waals surface area contributed by atoms with Crippen molar-refractivity contribution in [2.24, 2.45) is 0 Å². The number of aliphatic hydroxyl groups excluding tert-OH is 1. The standard InChI is InChI=1S/C16H16N2O2S/c1-11-7-8-14-13(9-11)17-16(21)18(14)15(10-19)20-12-5-3-2-4-6-12/h2-9,15,19H,10H2,1H3,(H,17,21). The number of hydrogen-bond acceptors (Lipinski definition) is 3. The Labute approximate surface area is 127 Å². The highest BCUT2D eigenvalue weighted by atomic mass is 32.1. The van der Waals surface area contributed by atoms with E-state index in [1.807, 2.05) is 55.5 Å². The molecule has 2 N–H and O–H groups in total. The van der Waals surface area contributed by atoms with E-state index in [9.17, 15) is 5.11 Å². The number of aromatic amines is 1. The normalized spacial score (nSPS) is 12.5. The minimum Gasteiger partial charge on any atom is -0.468 e. The molecule has 0 aliphatic heterocycles. The molecule has 0 saturated heterocycles. The molecule has 21 heavy (non-hydrogen) atoms. The zero-order valence-corrected chi connectivity index (χ0v) is 12.4. The van der Waals surface area contributed by atoms with Crippen LogP contribution in [0.5, 0.6) is 5.75 Å². The number of benzene rings is 2. The Bertz CT molecular complexity index is 808. The molecule has 0 amide bonds. The molecular formula is C16H16N2O2S. The predicted molar refractivity (Wildman–Crippen MR) is 85.1 cm³/mol. The maximum atomic E-state index is 9.69. The molecule has 0 radical (unpaired) electrons. The zero-order valence-electron chi connectivity index (χ0n) is 11.6. The van der Waals surface area contributed by atoms with Crippen molar-refractivity contribution >= 4 is 23.3 Å². The van der Waals surface area contributed by atoms with Gasteiger partial charge in [-0.1, -0.05) is 24.3 Å². The van der Waals surface area contributed by atoms with Gasteiger partial charge in [0.2, 0.25) is 6.23 Å². The summed E-state index contributed by atoms with van der Waals surface area (Å²) in [4.78, 5) is 3.16. The Hall–Kier alpha value is -2.11. The van der Waals surface area contributed by atoms with E-state index in [1.54, 1.807) is 4.57 Å². The van der Waals surface area contributed by atoms with Crippen LogP contribution in [-0.2, 0) is 0 Å². The Morgan fingerprint density at radius 2 is 2.00 bits per heavy atom. The maximum absolute atomic E-state index is 9.69. The fourth-order valence-corrected chi connectivity index (χ4v) is 2.68. The van der Waals surface area contributed by atoms with E-state index in [-0.39, 0.29) is 6.61 Å². The quantitative estimate of drug-likeness (QED) is 0.724. The topological polar surface area (TPSA) is 50.2 Å². The number of para-hydroxylation sites is 1. The van der Waals surface area contributed by atoms with Crippen LogP contribution in [-0.4, -0.2) is 21.3 Å². The summed E-state index contributed by atoms with van der Waals surface area (Å²) in [7, 11) is 0. The maximum Gasteiger partial charge on any atom is 0.201 e. The van der Waals surface area contributed by atoms with Gasteiger partial charge < -0.3 is 14.8 Å². The summed E-state index contributed by atoms with van der Waals surface area (Å²) in [5.74, 6) is 0.694. The highest BCUT2D eigenvalue weighted by Crippen LogP contribution is 2.23. The van der Waals surface area contributed by atoms with Crippen molar-refractivity contribution < 1.29 is 9.84 Å². The molecule has 4 nitrogen and oxygen atoms in total. The molecule has 2 aromatic carbocycles. The van der Waals surface area contributed by atoms with E-state index in [4.69, 9.17) is 17.0 Å². The molecule has 1 atom stereocenters. The number of aliphatic hydroxyl groups is 1. The average Bonchev–Trinajstić information content (AvgIpc) is 2.81. The number of H-pyrrole nitrogens is 1. The van der Waals surface area contributed by atoms with Crippen molar-refractivity contribution in [2.45, 2.75) is 13.2 Å². The van der Waals surface area contributed by atoms with Crippen LogP contribution in [0, 0.1) is 11.7 Å². The van der Waals surface area contributed by atoms with Crippen molar-refractivity contribution in [3.8, 4) is 5.75 Å². The van der Waals surface area contributed by atoms with Crippen LogP contribution in [0.4, 0.5) is 0 Å². The molecular weight excluding hydrogens is 284 g/mol. The van der Waals surface area contributed by atoms with Crippen LogP contribution in [0.3, 0.4) is 0 Å². The van der Waals surface area contributed by atoms with Gasteiger partial charge in [-0.15, -0.1) is 0 Å². The van der Waals surface area contributed by atoms with Gasteiger partial charge in [0.1, 0.15) is 5.75 Å². The summed E-state index contributed by atoms with van der Waals surface area (Å²) in [6.07, 6.45) is -0.559. The Kier molecular flexibility index (Phi) is 3.77. The van der Waals surface area contributed by atoms with Gasteiger partial charge in [-0.05, 0) is 49.0 Å². The number of fused-ring (bicyclic) bond motifs is 1. The molecule has 0 spiro atoms. The molecule has 108 valence electrons. The second-order valence-electron chi connectivity index (χ2n) is 4.89. The van der Waals surface area contributed by atoms with E-state index in [1.165, 1.54) is 0 Å². The van der Waals surface area contributed by atoms with Crippen LogP contribution in [0.15, 0.2) is 48.5 Å². The van der Waals surface area contributed by atoms with E-state index < -0.39 is 6.23 Å². The summed E-state index contributed by atoms with van der Waals surface area (Å²) < 4.78 is 8.19. The van der Waals surface area contributed by atoms with Gasteiger partial charge in [0.15, 0.2) is 4.77 Å². The van der Waals surface area contributed by atoms with E-state index in [2.05, 4.69) is 4.98 Å². The van der Waals surface area contributed by atoms with Gasteiger partial charge in [-0.25, -0.2) is 0 Å². The van der Waals surface area contributed by atoms with Gasteiger partial charge in [0.25, 0.3) is 0 Å². The van der Waals surface area contributed by atoms with Crippen molar-refractivity contribution in [1.29, 1.82) is 0 Å². The van der Waals surface area contributed by atoms with Crippen LogP contribution >= 0.6 is 12.2 Å². The fraction of sp³-hybridized carbons (Fsp3) is 0.188. The molecule has 5 heteroatoms. The third kappa shape index (κ3) is 2.70. The van der Waals surface area contributed by atoms with Gasteiger partial charge in [0, 0.05) is 0 Å².